The number of hydrogen-bond acceptors (Lipinski definition) is 3. The maximum absolute atomic E-state index is 11.5. The molecule has 3 nitrogen and oxygen atoms in total. The fraction of sp³-hybridized carbons (Fsp3) is 1.00. The molecule has 0 fully saturated rings. The van der Waals surface area contributed by atoms with Crippen molar-refractivity contribution in [3.63, 3.8) is 0 Å². The van der Waals surface area contributed by atoms with E-state index in [0.717, 1.165) is 6.42 Å². The standard InChI is InChI=1S/C10H23NO2S/c1-5-10(11)9(4)6-7-14(12,13)8(2)3/h8-10H,5-7,11H2,1-4H3. The Morgan fingerprint density at radius 1 is 1.21 bits per heavy atom. The summed E-state index contributed by atoms with van der Waals surface area (Å²) >= 11 is 0. The van der Waals surface area contributed by atoms with Crippen molar-refractivity contribution < 1.29 is 8.42 Å². The molecule has 0 aromatic heterocycles. The zero-order chi connectivity index (χ0) is 11.4. The smallest absolute Gasteiger partial charge is 0.152 e. The topological polar surface area (TPSA) is 60.2 Å². The fourth-order valence-corrected chi connectivity index (χ4v) is 2.37. The molecule has 0 aliphatic rings. The van der Waals surface area contributed by atoms with Gasteiger partial charge in [0.1, 0.15) is 0 Å². The largest absolute Gasteiger partial charge is 0.327 e. The molecule has 0 heterocycles. The third-order valence-corrected chi connectivity index (χ3v) is 5.02. The van der Waals surface area contributed by atoms with Crippen LogP contribution in [0.3, 0.4) is 0 Å². The minimum atomic E-state index is -2.89. The molecule has 2 unspecified atom stereocenters. The zero-order valence-electron chi connectivity index (χ0n) is 9.66. The fourth-order valence-electron chi connectivity index (χ4n) is 1.20. The molecule has 0 aromatic rings. The normalized spacial score (nSPS) is 17.0. The van der Waals surface area contributed by atoms with Gasteiger partial charge in [-0.25, -0.2) is 8.42 Å². The van der Waals surface area contributed by atoms with Crippen LogP contribution in [0.25, 0.3) is 0 Å². The molecule has 0 amide bonds. The third kappa shape index (κ3) is 4.42. The Labute approximate surface area is 88.0 Å². The Morgan fingerprint density at radius 2 is 1.71 bits per heavy atom. The highest BCUT2D eigenvalue weighted by atomic mass is 32.2. The molecule has 2 N–H and O–H groups in total. The molecular weight excluding hydrogens is 198 g/mol. The van der Waals surface area contributed by atoms with E-state index >= 15 is 0 Å². The second kappa shape index (κ2) is 5.71. The van der Waals surface area contributed by atoms with E-state index in [0.29, 0.717) is 6.42 Å². The summed E-state index contributed by atoms with van der Waals surface area (Å²) in [5, 5.41) is -0.271. The maximum atomic E-state index is 11.5. The van der Waals surface area contributed by atoms with Gasteiger partial charge in [-0.1, -0.05) is 13.8 Å². The highest BCUT2D eigenvalue weighted by Gasteiger charge is 2.19. The average Bonchev–Trinajstić information content (AvgIpc) is 2.12. The first-order valence-corrected chi connectivity index (χ1v) is 7.00. The van der Waals surface area contributed by atoms with E-state index in [2.05, 4.69) is 0 Å². The number of rotatable bonds is 6. The van der Waals surface area contributed by atoms with Crippen LogP contribution in [0.1, 0.15) is 40.5 Å². The summed E-state index contributed by atoms with van der Waals surface area (Å²) < 4.78 is 23.0. The van der Waals surface area contributed by atoms with E-state index in [4.69, 9.17) is 5.73 Å². The van der Waals surface area contributed by atoms with E-state index in [1.165, 1.54) is 0 Å². The van der Waals surface area contributed by atoms with Gasteiger partial charge < -0.3 is 5.73 Å². The summed E-state index contributed by atoms with van der Waals surface area (Å²) in [5.74, 6) is 0.549. The Morgan fingerprint density at radius 3 is 2.07 bits per heavy atom. The average molecular weight is 221 g/mol. The monoisotopic (exact) mass is 221 g/mol. The first-order valence-electron chi connectivity index (χ1n) is 5.28. The quantitative estimate of drug-likeness (QED) is 0.740. The lowest BCUT2D eigenvalue weighted by Gasteiger charge is -2.18. The van der Waals surface area contributed by atoms with Gasteiger partial charge in [-0.05, 0) is 32.6 Å². The van der Waals surface area contributed by atoms with Gasteiger partial charge in [-0.2, -0.15) is 0 Å². The van der Waals surface area contributed by atoms with Crippen molar-refractivity contribution >= 4 is 9.84 Å². The molecule has 0 spiro atoms. The van der Waals surface area contributed by atoms with Crippen LogP contribution in [0.4, 0.5) is 0 Å². The van der Waals surface area contributed by atoms with Gasteiger partial charge >= 0.3 is 0 Å². The molecule has 0 rings (SSSR count). The Kier molecular flexibility index (Phi) is 5.67. The molecule has 0 radical (unpaired) electrons. The van der Waals surface area contributed by atoms with Gasteiger partial charge in [0.05, 0.1) is 11.0 Å². The summed E-state index contributed by atoms with van der Waals surface area (Å²) in [7, 11) is -2.89. The maximum Gasteiger partial charge on any atom is 0.152 e. The molecule has 0 saturated carbocycles. The molecule has 86 valence electrons. The summed E-state index contributed by atoms with van der Waals surface area (Å²) in [6.07, 6.45) is 1.58. The van der Waals surface area contributed by atoms with E-state index in [-0.39, 0.29) is 23.0 Å². The summed E-state index contributed by atoms with van der Waals surface area (Å²) in [5.41, 5.74) is 5.83. The number of sulfone groups is 1. The Balaban J connectivity index is 4.07. The van der Waals surface area contributed by atoms with Crippen LogP contribution in [0.5, 0.6) is 0 Å². The molecule has 0 saturated heterocycles. The molecule has 14 heavy (non-hydrogen) atoms. The SMILES string of the molecule is CCC(N)C(C)CCS(=O)(=O)C(C)C. The summed E-state index contributed by atoms with van der Waals surface area (Å²) in [6.45, 7) is 7.49. The van der Waals surface area contributed by atoms with Crippen LogP contribution in [0, 0.1) is 5.92 Å². The lowest BCUT2D eigenvalue weighted by Crippen LogP contribution is -2.29. The van der Waals surface area contributed by atoms with Crippen LogP contribution >= 0.6 is 0 Å². The molecule has 4 heteroatoms. The van der Waals surface area contributed by atoms with Crippen LogP contribution in [0.2, 0.25) is 0 Å². The Bertz CT molecular complexity index is 247. The van der Waals surface area contributed by atoms with Gasteiger partial charge in [0.15, 0.2) is 9.84 Å². The van der Waals surface area contributed by atoms with Crippen LogP contribution in [-0.4, -0.2) is 25.5 Å². The Hall–Kier alpha value is -0.0900. The number of hydrogen-bond donors (Lipinski definition) is 1. The van der Waals surface area contributed by atoms with E-state index < -0.39 is 9.84 Å². The molecule has 0 aliphatic heterocycles. The van der Waals surface area contributed by atoms with Gasteiger partial charge in [0, 0.05) is 6.04 Å². The molecular formula is C10H23NO2S. The predicted molar refractivity (Wildman–Crippen MR) is 61.0 cm³/mol. The van der Waals surface area contributed by atoms with Crippen molar-refractivity contribution in [1.29, 1.82) is 0 Å². The summed E-state index contributed by atoms with van der Waals surface area (Å²) in [4.78, 5) is 0. The third-order valence-electron chi connectivity index (χ3n) is 2.78. The van der Waals surface area contributed by atoms with Gasteiger partial charge in [-0.3, -0.25) is 0 Å². The highest BCUT2D eigenvalue weighted by Crippen LogP contribution is 2.12. The molecule has 0 aliphatic carbocycles. The van der Waals surface area contributed by atoms with Crippen molar-refractivity contribution in [2.24, 2.45) is 11.7 Å². The zero-order valence-corrected chi connectivity index (χ0v) is 10.5. The van der Waals surface area contributed by atoms with Gasteiger partial charge in [-0.15, -0.1) is 0 Å². The van der Waals surface area contributed by atoms with Crippen molar-refractivity contribution in [3.05, 3.63) is 0 Å². The van der Waals surface area contributed by atoms with Crippen LogP contribution < -0.4 is 5.73 Å². The second-order valence-electron chi connectivity index (χ2n) is 4.25. The van der Waals surface area contributed by atoms with Crippen molar-refractivity contribution in [2.75, 3.05) is 5.75 Å². The first kappa shape index (κ1) is 13.9. The summed E-state index contributed by atoms with van der Waals surface area (Å²) in [6, 6.07) is 0.123. The van der Waals surface area contributed by atoms with Gasteiger partial charge in [0.25, 0.3) is 0 Å². The van der Waals surface area contributed by atoms with Crippen molar-refractivity contribution in [2.45, 2.75) is 51.8 Å². The second-order valence-corrected chi connectivity index (χ2v) is 6.93. The van der Waals surface area contributed by atoms with Crippen LogP contribution in [0.15, 0.2) is 0 Å². The first-order chi connectivity index (χ1) is 6.31. The predicted octanol–water partition coefficient (Wildman–Crippen LogP) is 1.57. The van der Waals surface area contributed by atoms with E-state index in [1.807, 2.05) is 13.8 Å². The van der Waals surface area contributed by atoms with Crippen LogP contribution in [-0.2, 0) is 9.84 Å². The van der Waals surface area contributed by atoms with Crippen molar-refractivity contribution in [3.8, 4) is 0 Å². The number of nitrogens with two attached hydrogens (primary N) is 1. The van der Waals surface area contributed by atoms with E-state index in [9.17, 15) is 8.42 Å². The molecule has 0 bridgehead atoms. The molecule has 2 atom stereocenters. The minimum Gasteiger partial charge on any atom is -0.327 e. The van der Waals surface area contributed by atoms with Crippen molar-refractivity contribution in [1.82, 2.24) is 0 Å². The van der Waals surface area contributed by atoms with E-state index in [1.54, 1.807) is 13.8 Å². The lowest BCUT2D eigenvalue weighted by molar-refractivity contribution is 0.431. The minimum absolute atomic E-state index is 0.123. The molecule has 0 aromatic carbocycles. The highest BCUT2D eigenvalue weighted by molar-refractivity contribution is 7.91. The lowest BCUT2D eigenvalue weighted by atomic mass is 9.98. The van der Waals surface area contributed by atoms with Gasteiger partial charge in [0.2, 0.25) is 0 Å².